The Kier molecular flexibility index (Phi) is 6.77. The van der Waals surface area contributed by atoms with Crippen molar-refractivity contribution in [1.82, 2.24) is 9.88 Å². The summed E-state index contributed by atoms with van der Waals surface area (Å²) < 4.78 is 6.32. The average Bonchev–Trinajstić information content (AvgIpc) is 3.20. The number of non-ortho nitro benzene ring substituents is 1. The minimum atomic E-state index is -0.453. The summed E-state index contributed by atoms with van der Waals surface area (Å²) >= 11 is 7.72. The number of carbonyl (C=O) groups excluding carboxylic acids is 1. The topological polar surface area (TPSA) is 88.8 Å². The van der Waals surface area contributed by atoms with Crippen LogP contribution in [0, 0.1) is 10.1 Å². The van der Waals surface area contributed by atoms with Crippen molar-refractivity contribution in [3.05, 3.63) is 63.2 Å². The molecule has 2 aromatic carbocycles. The summed E-state index contributed by atoms with van der Waals surface area (Å²) in [5.74, 6) is -0.114. The van der Waals surface area contributed by atoms with Crippen LogP contribution >= 0.6 is 22.9 Å². The zero-order valence-electron chi connectivity index (χ0n) is 16.7. The zero-order chi connectivity index (χ0) is 21.8. The van der Waals surface area contributed by atoms with Crippen LogP contribution in [0.4, 0.5) is 10.8 Å². The van der Waals surface area contributed by atoms with Crippen molar-refractivity contribution in [3.8, 4) is 0 Å². The van der Waals surface area contributed by atoms with Gasteiger partial charge in [-0.2, -0.15) is 0 Å². The first-order valence-corrected chi connectivity index (χ1v) is 11.1. The number of nitrogens with zero attached hydrogens (tertiary/aromatic N) is 4. The van der Waals surface area contributed by atoms with E-state index in [0.717, 1.165) is 17.8 Å². The Morgan fingerprint density at radius 3 is 2.65 bits per heavy atom. The van der Waals surface area contributed by atoms with Crippen LogP contribution in [0.15, 0.2) is 42.5 Å². The van der Waals surface area contributed by atoms with Gasteiger partial charge in [-0.25, -0.2) is 4.98 Å². The van der Waals surface area contributed by atoms with Crippen molar-refractivity contribution in [2.24, 2.45) is 0 Å². The molecule has 2 heterocycles. The van der Waals surface area contributed by atoms with Crippen LogP contribution in [0.3, 0.4) is 0 Å². The normalized spacial score (nSPS) is 14.6. The molecule has 1 aromatic heterocycles. The molecule has 0 aliphatic carbocycles. The number of hydrogen-bond acceptors (Lipinski definition) is 7. The first-order valence-electron chi connectivity index (χ1n) is 9.90. The van der Waals surface area contributed by atoms with Gasteiger partial charge in [-0.3, -0.25) is 24.7 Å². The number of nitro benzene ring substituents is 1. The molecule has 1 saturated heterocycles. The number of para-hydroxylation sites is 1. The van der Waals surface area contributed by atoms with E-state index in [4.69, 9.17) is 16.3 Å². The van der Waals surface area contributed by atoms with Gasteiger partial charge in [-0.15, -0.1) is 0 Å². The molecule has 0 spiro atoms. The molecule has 1 fully saturated rings. The molecule has 3 aromatic rings. The van der Waals surface area contributed by atoms with E-state index >= 15 is 0 Å². The lowest BCUT2D eigenvalue weighted by molar-refractivity contribution is -0.384. The van der Waals surface area contributed by atoms with E-state index in [2.05, 4.69) is 9.88 Å². The molecule has 0 saturated carbocycles. The van der Waals surface area contributed by atoms with Crippen molar-refractivity contribution in [2.75, 3.05) is 44.3 Å². The number of rotatable bonds is 7. The monoisotopic (exact) mass is 460 g/mol. The molecule has 0 N–H and O–H groups in total. The quantitative estimate of drug-likeness (QED) is 0.394. The van der Waals surface area contributed by atoms with Crippen LogP contribution in [-0.4, -0.2) is 60.1 Å². The smallest absolute Gasteiger partial charge is 0.269 e. The molecule has 162 valence electrons. The highest BCUT2D eigenvalue weighted by Crippen LogP contribution is 2.33. The van der Waals surface area contributed by atoms with E-state index in [1.807, 2.05) is 12.1 Å². The second kappa shape index (κ2) is 9.69. The zero-order valence-corrected chi connectivity index (χ0v) is 18.3. The van der Waals surface area contributed by atoms with Gasteiger partial charge in [0, 0.05) is 38.3 Å². The van der Waals surface area contributed by atoms with Crippen LogP contribution in [-0.2, 0) is 16.0 Å². The minimum absolute atomic E-state index is 0.00110. The Bertz CT molecular complexity index is 1080. The van der Waals surface area contributed by atoms with Gasteiger partial charge >= 0.3 is 0 Å². The number of amides is 1. The number of benzene rings is 2. The van der Waals surface area contributed by atoms with E-state index in [-0.39, 0.29) is 18.0 Å². The fraction of sp³-hybridized carbons (Fsp3) is 0.333. The van der Waals surface area contributed by atoms with E-state index in [0.29, 0.717) is 47.5 Å². The highest BCUT2D eigenvalue weighted by molar-refractivity contribution is 7.22. The third kappa shape index (κ3) is 5.19. The summed E-state index contributed by atoms with van der Waals surface area (Å²) in [5, 5.41) is 12.0. The number of fused-ring (bicyclic) bond motifs is 1. The second-order valence-corrected chi connectivity index (χ2v) is 8.60. The van der Waals surface area contributed by atoms with Gasteiger partial charge in [0.1, 0.15) is 5.52 Å². The van der Waals surface area contributed by atoms with Crippen LogP contribution < -0.4 is 4.90 Å². The lowest BCUT2D eigenvalue weighted by atomic mass is 10.1. The lowest BCUT2D eigenvalue weighted by Crippen LogP contribution is -2.43. The fourth-order valence-corrected chi connectivity index (χ4v) is 4.73. The number of nitro groups is 1. The number of hydrogen-bond donors (Lipinski definition) is 0. The minimum Gasteiger partial charge on any atom is -0.379 e. The molecule has 0 radical (unpaired) electrons. The highest BCUT2D eigenvalue weighted by Gasteiger charge is 2.22. The number of morpholine rings is 1. The molecule has 10 heteroatoms. The highest BCUT2D eigenvalue weighted by atomic mass is 35.5. The van der Waals surface area contributed by atoms with Crippen molar-refractivity contribution in [1.29, 1.82) is 0 Å². The number of thiazole rings is 1. The van der Waals surface area contributed by atoms with Crippen molar-refractivity contribution in [2.45, 2.75) is 6.42 Å². The van der Waals surface area contributed by atoms with Crippen molar-refractivity contribution >= 4 is 49.9 Å². The van der Waals surface area contributed by atoms with E-state index in [1.165, 1.54) is 23.5 Å². The van der Waals surface area contributed by atoms with Gasteiger partial charge in [0.2, 0.25) is 5.91 Å². The van der Waals surface area contributed by atoms with Crippen LogP contribution in [0.2, 0.25) is 5.02 Å². The lowest BCUT2D eigenvalue weighted by Gasteiger charge is -2.29. The van der Waals surface area contributed by atoms with Crippen LogP contribution in [0.1, 0.15) is 5.56 Å². The second-order valence-electron chi connectivity index (χ2n) is 7.18. The third-order valence-corrected chi connectivity index (χ3v) is 6.49. The van der Waals surface area contributed by atoms with Crippen LogP contribution in [0.5, 0.6) is 0 Å². The van der Waals surface area contributed by atoms with E-state index in [9.17, 15) is 14.9 Å². The standard InChI is InChI=1S/C21H21ClN4O4S/c22-17-2-1-3-18-20(17)23-21(31-18)25(9-8-24-10-12-30-13-11-24)19(27)14-15-4-6-16(7-5-15)26(28)29/h1-7H,8-14H2. The molecule has 0 bridgehead atoms. The van der Waals surface area contributed by atoms with Gasteiger partial charge in [0.05, 0.1) is 34.3 Å². The molecule has 1 aliphatic rings. The maximum atomic E-state index is 13.2. The number of ether oxygens (including phenoxy) is 1. The Balaban J connectivity index is 1.56. The molecule has 1 amide bonds. The number of aromatic nitrogens is 1. The van der Waals surface area contributed by atoms with Crippen molar-refractivity contribution < 1.29 is 14.5 Å². The summed E-state index contributed by atoms with van der Waals surface area (Å²) in [5.41, 5.74) is 1.40. The molecule has 31 heavy (non-hydrogen) atoms. The van der Waals surface area contributed by atoms with Crippen molar-refractivity contribution in [3.63, 3.8) is 0 Å². The average molecular weight is 461 g/mol. The number of carbonyl (C=O) groups is 1. The first kappa shape index (κ1) is 21.6. The predicted octanol–water partition coefficient (Wildman–Crippen LogP) is 3.77. The predicted molar refractivity (Wildman–Crippen MR) is 121 cm³/mol. The maximum absolute atomic E-state index is 13.2. The molecule has 0 atom stereocenters. The molecule has 1 aliphatic heterocycles. The molecule has 4 rings (SSSR count). The summed E-state index contributed by atoms with van der Waals surface area (Å²) in [6.07, 6.45) is 0.130. The van der Waals surface area contributed by atoms with Gasteiger partial charge in [0.15, 0.2) is 5.13 Å². The van der Waals surface area contributed by atoms with E-state index < -0.39 is 4.92 Å². The molecular weight excluding hydrogens is 440 g/mol. The summed E-state index contributed by atoms with van der Waals surface area (Å²) in [6, 6.07) is 11.6. The van der Waals surface area contributed by atoms with E-state index in [1.54, 1.807) is 23.1 Å². The molecule has 0 unspecified atom stereocenters. The third-order valence-electron chi connectivity index (χ3n) is 5.14. The number of anilines is 1. The fourth-order valence-electron chi connectivity index (χ4n) is 3.42. The van der Waals surface area contributed by atoms with Gasteiger partial charge < -0.3 is 4.74 Å². The first-order chi connectivity index (χ1) is 15.0. The Morgan fingerprint density at radius 2 is 1.97 bits per heavy atom. The molecule has 8 nitrogen and oxygen atoms in total. The Hall–Kier alpha value is -2.59. The maximum Gasteiger partial charge on any atom is 0.269 e. The van der Waals surface area contributed by atoms with Gasteiger partial charge in [0.25, 0.3) is 5.69 Å². The Morgan fingerprint density at radius 1 is 1.23 bits per heavy atom. The summed E-state index contributed by atoms with van der Waals surface area (Å²) in [7, 11) is 0. The Labute approximate surface area is 188 Å². The largest absolute Gasteiger partial charge is 0.379 e. The van der Waals surface area contributed by atoms with Gasteiger partial charge in [-0.05, 0) is 17.7 Å². The molecular formula is C21H21ClN4O4S. The summed E-state index contributed by atoms with van der Waals surface area (Å²) in [4.78, 5) is 32.3. The van der Waals surface area contributed by atoms with Crippen LogP contribution in [0.25, 0.3) is 10.2 Å². The van der Waals surface area contributed by atoms with Gasteiger partial charge in [-0.1, -0.05) is 41.1 Å². The number of halogens is 1. The summed E-state index contributed by atoms with van der Waals surface area (Å²) in [6.45, 7) is 4.23. The SMILES string of the molecule is O=C(Cc1ccc([N+](=O)[O-])cc1)N(CCN1CCOCC1)c1nc2c(Cl)cccc2s1.